The molecule has 1 heterocycles. The van der Waals surface area contributed by atoms with Gasteiger partial charge in [-0.05, 0) is 30.9 Å². The molecule has 0 fully saturated rings. The molecule has 0 aliphatic rings. The summed E-state index contributed by atoms with van der Waals surface area (Å²) < 4.78 is 0. The molecule has 2 aromatic carbocycles. The van der Waals surface area contributed by atoms with Crippen molar-refractivity contribution in [2.75, 3.05) is 11.6 Å². The Morgan fingerprint density at radius 3 is 2.38 bits per heavy atom. The third kappa shape index (κ3) is 3.98. The minimum atomic E-state index is 0.00553. The topological polar surface area (TPSA) is 61.6 Å². The summed E-state index contributed by atoms with van der Waals surface area (Å²) in [6.45, 7) is 2.04. The van der Waals surface area contributed by atoms with Gasteiger partial charge in [0, 0.05) is 16.6 Å². The lowest BCUT2D eigenvalue weighted by Gasteiger charge is -2.17. The van der Waals surface area contributed by atoms with Crippen LogP contribution in [0, 0.1) is 11.3 Å². The van der Waals surface area contributed by atoms with Crippen LogP contribution in [-0.4, -0.2) is 16.2 Å². The fourth-order valence-corrected chi connectivity index (χ4v) is 3.08. The Morgan fingerprint density at radius 1 is 1.08 bits per heavy atom. The van der Waals surface area contributed by atoms with Gasteiger partial charge in [0.25, 0.3) is 0 Å². The molecule has 1 atom stereocenters. The lowest BCUT2D eigenvalue weighted by Crippen LogP contribution is -2.11. The van der Waals surface area contributed by atoms with Gasteiger partial charge in [0.05, 0.1) is 5.69 Å². The summed E-state index contributed by atoms with van der Waals surface area (Å²) in [5.41, 5.74) is 2.98. The zero-order valence-corrected chi connectivity index (χ0v) is 16.0. The number of benzene rings is 2. The van der Waals surface area contributed by atoms with Crippen molar-refractivity contribution < 1.29 is 0 Å². The largest absolute Gasteiger partial charge is 0.362 e. The number of anilines is 1. The zero-order chi connectivity index (χ0) is 18.5. The number of nitriles is 1. The number of hydrogen-bond acceptors (Lipinski definition) is 5. The Balaban J connectivity index is 2.06. The molecule has 0 bridgehead atoms. The lowest BCUT2D eigenvalue weighted by molar-refractivity contribution is 0.854. The van der Waals surface area contributed by atoms with Gasteiger partial charge in [-0.25, -0.2) is 9.97 Å². The highest BCUT2D eigenvalue weighted by Crippen LogP contribution is 2.31. The minimum absolute atomic E-state index is 0.00553. The van der Waals surface area contributed by atoms with E-state index in [0.29, 0.717) is 27.3 Å². The normalized spacial score (nSPS) is 11.6. The first-order chi connectivity index (χ1) is 12.6. The number of rotatable bonds is 5. The molecule has 6 heteroatoms. The van der Waals surface area contributed by atoms with E-state index in [1.807, 2.05) is 55.6 Å². The van der Waals surface area contributed by atoms with Crippen LogP contribution < -0.4 is 5.32 Å². The van der Waals surface area contributed by atoms with Crippen LogP contribution in [0.25, 0.3) is 11.3 Å². The maximum atomic E-state index is 9.76. The van der Waals surface area contributed by atoms with Gasteiger partial charge in [0.15, 0.2) is 5.16 Å². The van der Waals surface area contributed by atoms with E-state index in [4.69, 9.17) is 11.6 Å². The van der Waals surface area contributed by atoms with Gasteiger partial charge in [-0.2, -0.15) is 5.26 Å². The van der Waals surface area contributed by atoms with E-state index in [2.05, 4.69) is 21.4 Å². The van der Waals surface area contributed by atoms with Crippen molar-refractivity contribution in [3.8, 4) is 17.3 Å². The molecule has 0 aliphatic heterocycles. The van der Waals surface area contributed by atoms with Crippen LogP contribution in [-0.2, 0) is 0 Å². The van der Waals surface area contributed by atoms with Gasteiger partial charge in [0.1, 0.15) is 17.5 Å². The van der Waals surface area contributed by atoms with E-state index in [1.165, 1.54) is 11.8 Å². The number of thioether (sulfide) groups is 1. The Hall–Kier alpha value is -2.55. The zero-order valence-electron chi connectivity index (χ0n) is 14.4. The third-order valence-electron chi connectivity index (χ3n) is 3.95. The quantitative estimate of drug-likeness (QED) is 0.463. The van der Waals surface area contributed by atoms with Crippen molar-refractivity contribution in [3.05, 3.63) is 70.7 Å². The third-order valence-corrected chi connectivity index (χ3v) is 4.75. The molecule has 1 N–H and O–H groups in total. The molecule has 4 nitrogen and oxygen atoms in total. The Labute approximate surface area is 162 Å². The number of nitrogens with one attached hydrogen (secondary N) is 1. The molecule has 0 radical (unpaired) electrons. The summed E-state index contributed by atoms with van der Waals surface area (Å²) in [6, 6.07) is 19.6. The van der Waals surface area contributed by atoms with Crippen LogP contribution in [0.1, 0.15) is 24.1 Å². The molecule has 3 aromatic rings. The second kappa shape index (κ2) is 8.22. The van der Waals surface area contributed by atoms with E-state index < -0.39 is 0 Å². The number of hydrogen-bond donors (Lipinski definition) is 1. The maximum absolute atomic E-state index is 9.76. The van der Waals surface area contributed by atoms with Gasteiger partial charge < -0.3 is 5.32 Å². The first kappa shape index (κ1) is 18.2. The van der Waals surface area contributed by atoms with Crippen molar-refractivity contribution in [3.63, 3.8) is 0 Å². The average molecular weight is 381 g/mol. The van der Waals surface area contributed by atoms with Gasteiger partial charge in [-0.3, -0.25) is 0 Å². The van der Waals surface area contributed by atoms with Gasteiger partial charge in [-0.1, -0.05) is 65.8 Å². The second-order valence-corrected chi connectivity index (χ2v) is 6.89. The highest BCUT2D eigenvalue weighted by molar-refractivity contribution is 7.98. The summed E-state index contributed by atoms with van der Waals surface area (Å²) in [7, 11) is 0. The molecular formula is C20H17ClN4S. The molecule has 1 aromatic heterocycles. The smallest absolute Gasteiger partial charge is 0.189 e. The standard InChI is InChI=1S/C20H17ClN4S/c1-13(14-6-4-3-5-7-14)23-19-17(12-22)18(24-20(25-19)26-2)15-8-10-16(21)11-9-15/h3-11,13H,1-2H3,(H,23,24,25)/t13-/m0/s1. The van der Waals surface area contributed by atoms with Crippen molar-refractivity contribution in [2.45, 2.75) is 18.1 Å². The van der Waals surface area contributed by atoms with Crippen LogP contribution in [0.15, 0.2) is 59.8 Å². The minimum Gasteiger partial charge on any atom is -0.362 e. The Kier molecular flexibility index (Phi) is 5.77. The van der Waals surface area contributed by atoms with Crippen LogP contribution in [0.5, 0.6) is 0 Å². The molecule has 0 spiro atoms. The Morgan fingerprint density at radius 2 is 1.77 bits per heavy atom. The molecule has 0 saturated heterocycles. The second-order valence-electron chi connectivity index (χ2n) is 5.68. The van der Waals surface area contributed by atoms with Crippen molar-refractivity contribution in [1.29, 1.82) is 5.26 Å². The molecule has 0 saturated carbocycles. The summed E-state index contributed by atoms with van der Waals surface area (Å²) in [4.78, 5) is 9.07. The molecule has 26 heavy (non-hydrogen) atoms. The van der Waals surface area contributed by atoms with Crippen molar-refractivity contribution in [2.24, 2.45) is 0 Å². The lowest BCUT2D eigenvalue weighted by atomic mass is 10.1. The predicted molar refractivity (Wildman–Crippen MR) is 107 cm³/mol. The van der Waals surface area contributed by atoms with Crippen LogP contribution in [0.3, 0.4) is 0 Å². The molecule has 0 unspecified atom stereocenters. The molecule has 130 valence electrons. The summed E-state index contributed by atoms with van der Waals surface area (Å²) in [5.74, 6) is 0.535. The number of nitrogens with zero attached hydrogens (tertiary/aromatic N) is 3. The highest BCUT2D eigenvalue weighted by Gasteiger charge is 2.18. The van der Waals surface area contributed by atoms with E-state index in [1.54, 1.807) is 12.1 Å². The molecular weight excluding hydrogens is 364 g/mol. The van der Waals surface area contributed by atoms with Gasteiger partial charge in [-0.15, -0.1) is 0 Å². The molecule has 0 aliphatic carbocycles. The van der Waals surface area contributed by atoms with E-state index in [9.17, 15) is 5.26 Å². The van der Waals surface area contributed by atoms with Crippen LogP contribution in [0.4, 0.5) is 5.82 Å². The Bertz CT molecular complexity index is 937. The predicted octanol–water partition coefficient (Wildman–Crippen LogP) is 5.56. The van der Waals surface area contributed by atoms with E-state index >= 15 is 0 Å². The summed E-state index contributed by atoms with van der Waals surface area (Å²) >= 11 is 7.42. The van der Waals surface area contributed by atoms with Crippen molar-refractivity contribution >= 4 is 29.2 Å². The van der Waals surface area contributed by atoms with Crippen LogP contribution in [0.2, 0.25) is 5.02 Å². The number of aromatic nitrogens is 2. The van der Waals surface area contributed by atoms with Crippen LogP contribution >= 0.6 is 23.4 Å². The number of halogens is 1. The average Bonchev–Trinajstić information content (AvgIpc) is 2.68. The first-order valence-electron chi connectivity index (χ1n) is 8.06. The van der Waals surface area contributed by atoms with E-state index in [-0.39, 0.29) is 6.04 Å². The molecule has 3 rings (SSSR count). The fraction of sp³-hybridized carbons (Fsp3) is 0.150. The first-order valence-corrected chi connectivity index (χ1v) is 9.66. The maximum Gasteiger partial charge on any atom is 0.189 e. The molecule has 0 amide bonds. The summed E-state index contributed by atoms with van der Waals surface area (Å²) in [5, 5.41) is 14.4. The highest BCUT2D eigenvalue weighted by atomic mass is 35.5. The van der Waals surface area contributed by atoms with Gasteiger partial charge in [0.2, 0.25) is 0 Å². The SMILES string of the molecule is CSc1nc(N[C@@H](C)c2ccccc2)c(C#N)c(-c2ccc(Cl)cc2)n1. The summed E-state index contributed by atoms with van der Waals surface area (Å²) in [6.07, 6.45) is 1.91. The fourth-order valence-electron chi connectivity index (χ4n) is 2.59. The van der Waals surface area contributed by atoms with Gasteiger partial charge >= 0.3 is 0 Å². The monoisotopic (exact) mass is 380 g/mol. The van der Waals surface area contributed by atoms with Crippen molar-refractivity contribution in [1.82, 2.24) is 9.97 Å². The van der Waals surface area contributed by atoms with E-state index in [0.717, 1.165) is 11.1 Å².